The van der Waals surface area contributed by atoms with Crippen LogP contribution in [0.1, 0.15) is 27.8 Å². The molecule has 1 aromatic carbocycles. The van der Waals surface area contributed by atoms with E-state index in [1.165, 1.54) is 17.7 Å². The smallest absolute Gasteiger partial charge is 0.269 e. The molecule has 0 atom stereocenters. The Morgan fingerprint density at radius 3 is 2.50 bits per heavy atom. The van der Waals surface area contributed by atoms with E-state index in [9.17, 15) is 9.59 Å². The number of hydrogen-bond acceptors (Lipinski definition) is 4. The predicted molar refractivity (Wildman–Crippen MR) is 66.5 cm³/mol. The number of anilines is 1. The molecule has 0 spiro atoms. The fourth-order valence-corrected chi connectivity index (χ4v) is 1.61. The molecular formula is C12H12N4O2. The number of Topliss-reactive ketones (excluding diaryl/α,β-unsaturated/α-hetero) is 1. The molecule has 1 amide bonds. The Morgan fingerprint density at radius 1 is 1.28 bits per heavy atom. The van der Waals surface area contributed by atoms with Crippen LogP contribution in [-0.2, 0) is 0 Å². The van der Waals surface area contributed by atoms with Gasteiger partial charge in [0.25, 0.3) is 5.91 Å². The number of carbonyl (C=O) groups excluding carboxylic acids is 2. The molecule has 0 aliphatic carbocycles. The summed E-state index contributed by atoms with van der Waals surface area (Å²) in [5.41, 5.74) is 12.5. The third kappa shape index (κ3) is 2.08. The molecule has 0 saturated carbocycles. The Balaban J connectivity index is 2.42. The topological polar surface area (TPSA) is 104 Å². The van der Waals surface area contributed by atoms with Crippen molar-refractivity contribution < 1.29 is 9.59 Å². The summed E-state index contributed by atoms with van der Waals surface area (Å²) < 4.78 is 1.47. The fourth-order valence-electron chi connectivity index (χ4n) is 1.61. The first-order chi connectivity index (χ1) is 8.49. The molecule has 0 aliphatic heterocycles. The largest absolute Gasteiger partial charge is 0.398 e. The number of nitrogens with two attached hydrogens (primary N) is 2. The molecule has 0 saturated heterocycles. The van der Waals surface area contributed by atoms with Gasteiger partial charge in [-0.1, -0.05) is 0 Å². The highest BCUT2D eigenvalue weighted by atomic mass is 16.1. The van der Waals surface area contributed by atoms with Crippen LogP contribution in [0, 0.1) is 0 Å². The number of amides is 1. The Bertz CT molecular complexity index is 631. The SMILES string of the molecule is CC(=O)c1ccc(-n2ccc(C(N)=O)n2)cc1N. The number of benzene rings is 1. The summed E-state index contributed by atoms with van der Waals surface area (Å²) in [5, 5.41) is 4.00. The molecule has 1 heterocycles. The lowest BCUT2D eigenvalue weighted by atomic mass is 10.1. The highest BCUT2D eigenvalue weighted by Crippen LogP contribution is 2.17. The van der Waals surface area contributed by atoms with Crippen LogP contribution < -0.4 is 11.5 Å². The first-order valence-corrected chi connectivity index (χ1v) is 5.25. The summed E-state index contributed by atoms with van der Waals surface area (Å²) in [4.78, 5) is 22.2. The summed E-state index contributed by atoms with van der Waals surface area (Å²) >= 11 is 0. The maximum absolute atomic E-state index is 11.2. The first-order valence-electron chi connectivity index (χ1n) is 5.25. The van der Waals surface area contributed by atoms with Crippen LogP contribution in [0.3, 0.4) is 0 Å². The van der Waals surface area contributed by atoms with Gasteiger partial charge in [0, 0.05) is 17.4 Å². The number of primary amides is 1. The number of nitrogen functional groups attached to an aromatic ring is 1. The van der Waals surface area contributed by atoms with Crippen molar-refractivity contribution in [2.45, 2.75) is 6.92 Å². The second kappa shape index (κ2) is 4.33. The van der Waals surface area contributed by atoms with Gasteiger partial charge in [-0.15, -0.1) is 0 Å². The van der Waals surface area contributed by atoms with Crippen molar-refractivity contribution in [3.63, 3.8) is 0 Å². The summed E-state index contributed by atoms with van der Waals surface area (Å²) in [6.45, 7) is 1.45. The van der Waals surface area contributed by atoms with Gasteiger partial charge in [-0.2, -0.15) is 5.10 Å². The molecule has 0 unspecified atom stereocenters. The van der Waals surface area contributed by atoms with Gasteiger partial charge in [0.05, 0.1) is 5.69 Å². The number of nitrogens with zero attached hydrogens (tertiary/aromatic N) is 2. The highest BCUT2D eigenvalue weighted by Gasteiger charge is 2.09. The summed E-state index contributed by atoms with van der Waals surface area (Å²) in [6.07, 6.45) is 1.60. The molecule has 6 heteroatoms. The van der Waals surface area contributed by atoms with Crippen molar-refractivity contribution in [3.05, 3.63) is 41.7 Å². The quantitative estimate of drug-likeness (QED) is 0.614. The monoisotopic (exact) mass is 244 g/mol. The van der Waals surface area contributed by atoms with Gasteiger partial charge in [-0.3, -0.25) is 9.59 Å². The van der Waals surface area contributed by atoms with E-state index in [4.69, 9.17) is 11.5 Å². The molecule has 18 heavy (non-hydrogen) atoms. The summed E-state index contributed by atoms with van der Waals surface area (Å²) in [6, 6.07) is 6.45. The third-order valence-electron chi connectivity index (χ3n) is 2.52. The minimum atomic E-state index is -0.595. The van der Waals surface area contributed by atoms with E-state index in [0.29, 0.717) is 16.9 Å². The lowest BCUT2D eigenvalue weighted by Gasteiger charge is -2.05. The fraction of sp³-hybridized carbons (Fsp3) is 0.0833. The molecule has 6 nitrogen and oxygen atoms in total. The third-order valence-corrected chi connectivity index (χ3v) is 2.52. The number of aromatic nitrogens is 2. The van der Waals surface area contributed by atoms with Gasteiger partial charge < -0.3 is 11.5 Å². The zero-order valence-corrected chi connectivity index (χ0v) is 9.75. The minimum absolute atomic E-state index is 0.0997. The van der Waals surface area contributed by atoms with Crippen LogP contribution >= 0.6 is 0 Å². The van der Waals surface area contributed by atoms with Crippen LogP contribution in [0.5, 0.6) is 0 Å². The zero-order chi connectivity index (χ0) is 13.3. The molecule has 0 bridgehead atoms. The minimum Gasteiger partial charge on any atom is -0.398 e. The van der Waals surface area contributed by atoms with Gasteiger partial charge in [0.1, 0.15) is 5.69 Å². The lowest BCUT2D eigenvalue weighted by molar-refractivity contribution is 0.0992. The average Bonchev–Trinajstić information content (AvgIpc) is 2.77. The van der Waals surface area contributed by atoms with E-state index in [0.717, 1.165) is 0 Å². The van der Waals surface area contributed by atoms with E-state index in [1.54, 1.807) is 24.4 Å². The van der Waals surface area contributed by atoms with E-state index in [1.807, 2.05) is 0 Å². The Morgan fingerprint density at radius 2 is 2.00 bits per heavy atom. The van der Waals surface area contributed by atoms with Gasteiger partial charge in [0.15, 0.2) is 5.78 Å². The summed E-state index contributed by atoms with van der Waals surface area (Å²) in [5.74, 6) is -0.695. The molecule has 1 aromatic heterocycles. The van der Waals surface area contributed by atoms with Crippen molar-refractivity contribution >= 4 is 17.4 Å². The van der Waals surface area contributed by atoms with Crippen molar-refractivity contribution in [3.8, 4) is 5.69 Å². The average molecular weight is 244 g/mol. The van der Waals surface area contributed by atoms with Crippen LogP contribution in [0.2, 0.25) is 0 Å². The van der Waals surface area contributed by atoms with Gasteiger partial charge in [0.2, 0.25) is 0 Å². The predicted octanol–water partition coefficient (Wildman–Crippen LogP) is 0.756. The van der Waals surface area contributed by atoms with Crippen LogP contribution in [0.15, 0.2) is 30.5 Å². The number of carbonyl (C=O) groups is 2. The van der Waals surface area contributed by atoms with Crippen molar-refractivity contribution in [1.82, 2.24) is 9.78 Å². The zero-order valence-electron chi connectivity index (χ0n) is 9.75. The normalized spacial score (nSPS) is 10.3. The summed E-state index contributed by atoms with van der Waals surface area (Å²) in [7, 11) is 0. The van der Waals surface area contributed by atoms with E-state index in [-0.39, 0.29) is 11.5 Å². The van der Waals surface area contributed by atoms with Crippen LogP contribution in [-0.4, -0.2) is 21.5 Å². The van der Waals surface area contributed by atoms with E-state index < -0.39 is 5.91 Å². The number of rotatable bonds is 3. The Hall–Kier alpha value is -2.63. The second-order valence-electron chi connectivity index (χ2n) is 3.84. The van der Waals surface area contributed by atoms with Crippen molar-refractivity contribution in [2.24, 2.45) is 5.73 Å². The van der Waals surface area contributed by atoms with E-state index >= 15 is 0 Å². The van der Waals surface area contributed by atoms with Crippen molar-refractivity contribution in [1.29, 1.82) is 0 Å². The Kier molecular flexibility index (Phi) is 2.85. The molecule has 2 rings (SSSR count). The standard InChI is InChI=1S/C12H12N4O2/c1-7(17)9-3-2-8(6-10(9)13)16-5-4-11(15-16)12(14)18/h2-6H,13H2,1H3,(H2,14,18). The van der Waals surface area contributed by atoms with Gasteiger partial charge in [-0.05, 0) is 31.2 Å². The molecular weight excluding hydrogens is 232 g/mol. The maximum atomic E-state index is 11.2. The molecule has 0 fully saturated rings. The van der Waals surface area contributed by atoms with Gasteiger partial charge in [-0.25, -0.2) is 4.68 Å². The van der Waals surface area contributed by atoms with Crippen LogP contribution in [0.25, 0.3) is 5.69 Å². The van der Waals surface area contributed by atoms with E-state index in [2.05, 4.69) is 5.10 Å². The first kappa shape index (κ1) is 11.8. The molecule has 4 N–H and O–H groups in total. The lowest BCUT2D eigenvalue weighted by Crippen LogP contribution is -2.12. The molecule has 2 aromatic rings. The second-order valence-corrected chi connectivity index (χ2v) is 3.84. The number of ketones is 1. The molecule has 0 radical (unpaired) electrons. The maximum Gasteiger partial charge on any atom is 0.269 e. The molecule has 0 aliphatic rings. The number of hydrogen-bond donors (Lipinski definition) is 2. The Labute approximate surface area is 103 Å². The van der Waals surface area contributed by atoms with Gasteiger partial charge >= 0.3 is 0 Å². The highest BCUT2D eigenvalue weighted by molar-refractivity contribution is 5.99. The van der Waals surface area contributed by atoms with Crippen molar-refractivity contribution in [2.75, 3.05) is 5.73 Å². The van der Waals surface area contributed by atoms with Crippen LogP contribution in [0.4, 0.5) is 5.69 Å². The molecule has 92 valence electrons.